The average Bonchev–Trinajstić information content (AvgIpc) is 3.00. The fraction of sp³-hybridized carbons (Fsp3) is 0.562. The Balaban J connectivity index is 0.00000208. The Kier molecular flexibility index (Phi) is 5.18. The van der Waals surface area contributed by atoms with Gasteiger partial charge in [-0.1, -0.05) is 6.92 Å². The predicted molar refractivity (Wildman–Crippen MR) is 90.0 cm³/mol. The van der Waals surface area contributed by atoms with Gasteiger partial charge >= 0.3 is 6.18 Å². The van der Waals surface area contributed by atoms with Crippen LogP contribution >= 0.6 is 12.4 Å². The van der Waals surface area contributed by atoms with Gasteiger partial charge in [0.05, 0.1) is 23.1 Å². The smallest absolute Gasteiger partial charge is 0.330 e. The van der Waals surface area contributed by atoms with Gasteiger partial charge in [0.15, 0.2) is 0 Å². The van der Waals surface area contributed by atoms with Crippen LogP contribution in [0.15, 0.2) is 18.2 Å². The summed E-state index contributed by atoms with van der Waals surface area (Å²) in [5.74, 6) is 0.778. The van der Waals surface area contributed by atoms with Gasteiger partial charge in [-0.3, -0.25) is 4.90 Å². The van der Waals surface area contributed by atoms with Crippen LogP contribution in [0.4, 0.5) is 13.2 Å². The summed E-state index contributed by atoms with van der Waals surface area (Å²) in [6.07, 6.45) is -3.31. The molecule has 1 aliphatic heterocycles. The molecule has 1 atom stereocenters. The lowest BCUT2D eigenvalue weighted by molar-refractivity contribution is -0.137. The van der Waals surface area contributed by atoms with Crippen molar-refractivity contribution in [3.63, 3.8) is 0 Å². The monoisotopic (exact) mass is 362 g/mol. The molecule has 2 heterocycles. The minimum atomic E-state index is -4.34. The molecular weight excluding hydrogens is 341 g/mol. The second kappa shape index (κ2) is 6.54. The lowest BCUT2D eigenvalue weighted by Crippen LogP contribution is -2.31. The molecule has 2 N–H and O–H groups in total. The van der Waals surface area contributed by atoms with Crippen LogP contribution in [0.5, 0.6) is 0 Å². The van der Waals surface area contributed by atoms with Gasteiger partial charge in [-0.05, 0) is 43.1 Å². The Morgan fingerprint density at radius 2 is 2.04 bits per heavy atom. The molecule has 1 aliphatic rings. The minimum absolute atomic E-state index is 0. The summed E-state index contributed by atoms with van der Waals surface area (Å²) in [4.78, 5) is 6.68. The van der Waals surface area contributed by atoms with E-state index < -0.39 is 11.7 Å². The van der Waals surface area contributed by atoms with Crippen molar-refractivity contribution in [2.75, 3.05) is 19.6 Å². The molecule has 4 nitrogen and oxygen atoms in total. The van der Waals surface area contributed by atoms with Crippen LogP contribution in [0.25, 0.3) is 11.0 Å². The van der Waals surface area contributed by atoms with Crippen molar-refractivity contribution in [1.29, 1.82) is 0 Å². The van der Waals surface area contributed by atoms with Crippen LogP contribution in [0.2, 0.25) is 0 Å². The maximum absolute atomic E-state index is 12.8. The number of likely N-dealkylation sites (tertiary alicyclic amines) is 1. The van der Waals surface area contributed by atoms with E-state index in [1.807, 2.05) is 11.6 Å². The first-order valence-electron chi connectivity index (χ1n) is 7.67. The standard InChI is InChI=1S/C16H21F3N4.ClH/c1-15(9-20)5-6-23(10-15)8-14-21-12-7-11(16(17,18)19)3-4-13(12)22(14)2;/h3-4,7H,5-6,8-10,20H2,1-2H3;1H. The number of aryl methyl sites for hydroxylation is 1. The molecule has 0 amide bonds. The van der Waals surface area contributed by atoms with Crippen LogP contribution in [-0.2, 0) is 19.8 Å². The van der Waals surface area contributed by atoms with E-state index in [9.17, 15) is 13.2 Å². The molecule has 134 valence electrons. The average molecular weight is 363 g/mol. The van der Waals surface area contributed by atoms with Crippen LogP contribution in [0.1, 0.15) is 24.7 Å². The number of hydrogen-bond acceptors (Lipinski definition) is 3. The molecule has 1 aromatic heterocycles. The number of benzene rings is 1. The number of imidazole rings is 1. The SMILES string of the molecule is Cl.Cn1c(CN2CCC(C)(CN)C2)nc2cc(C(F)(F)F)ccc21. The Labute approximate surface area is 145 Å². The zero-order valence-corrected chi connectivity index (χ0v) is 14.5. The van der Waals surface area contributed by atoms with Crippen LogP contribution in [0, 0.1) is 5.41 Å². The molecular formula is C16H22ClF3N4. The van der Waals surface area contributed by atoms with Gasteiger partial charge in [0.2, 0.25) is 0 Å². The summed E-state index contributed by atoms with van der Waals surface area (Å²) < 4.78 is 40.3. The van der Waals surface area contributed by atoms with E-state index >= 15 is 0 Å². The quantitative estimate of drug-likeness (QED) is 0.912. The molecule has 0 aliphatic carbocycles. The number of fused-ring (bicyclic) bond motifs is 1. The van der Waals surface area contributed by atoms with Crippen molar-refractivity contribution in [3.8, 4) is 0 Å². The van der Waals surface area contributed by atoms with Gasteiger partial charge in [-0.15, -0.1) is 12.4 Å². The molecule has 24 heavy (non-hydrogen) atoms. The van der Waals surface area contributed by atoms with Crippen molar-refractivity contribution in [2.24, 2.45) is 18.2 Å². The molecule has 1 aromatic carbocycles. The highest BCUT2D eigenvalue weighted by Crippen LogP contribution is 2.32. The molecule has 0 bridgehead atoms. The van der Waals surface area contributed by atoms with Crippen molar-refractivity contribution < 1.29 is 13.2 Å². The second-order valence-electron chi connectivity index (χ2n) is 6.76. The third kappa shape index (κ3) is 3.53. The number of nitrogens with two attached hydrogens (primary N) is 1. The first-order valence-corrected chi connectivity index (χ1v) is 7.67. The molecule has 0 saturated carbocycles. The second-order valence-corrected chi connectivity index (χ2v) is 6.76. The topological polar surface area (TPSA) is 47.1 Å². The number of halogens is 4. The highest BCUT2D eigenvalue weighted by atomic mass is 35.5. The summed E-state index contributed by atoms with van der Waals surface area (Å²) in [6, 6.07) is 3.71. The van der Waals surface area contributed by atoms with Gasteiger partial charge in [0, 0.05) is 13.6 Å². The van der Waals surface area contributed by atoms with E-state index in [1.165, 1.54) is 6.07 Å². The first kappa shape index (κ1) is 19.0. The molecule has 3 rings (SSSR count). The predicted octanol–water partition coefficient (Wildman–Crippen LogP) is 3.18. The largest absolute Gasteiger partial charge is 0.416 e. The molecule has 1 fully saturated rings. The number of aromatic nitrogens is 2. The zero-order valence-electron chi connectivity index (χ0n) is 13.7. The molecule has 1 unspecified atom stereocenters. The Hall–Kier alpha value is -1.31. The fourth-order valence-electron chi connectivity index (χ4n) is 3.19. The van der Waals surface area contributed by atoms with Gasteiger partial charge in [0.25, 0.3) is 0 Å². The summed E-state index contributed by atoms with van der Waals surface area (Å²) in [6.45, 7) is 5.26. The number of alkyl halides is 3. The fourth-order valence-corrected chi connectivity index (χ4v) is 3.19. The van der Waals surface area contributed by atoms with Crippen LogP contribution < -0.4 is 5.73 Å². The van der Waals surface area contributed by atoms with Gasteiger partial charge in [0.1, 0.15) is 5.82 Å². The van der Waals surface area contributed by atoms with E-state index in [0.717, 1.165) is 37.5 Å². The van der Waals surface area contributed by atoms with Gasteiger partial charge in [-0.2, -0.15) is 13.2 Å². The van der Waals surface area contributed by atoms with Gasteiger partial charge in [-0.25, -0.2) is 4.98 Å². The molecule has 2 aromatic rings. The van der Waals surface area contributed by atoms with Crippen LogP contribution in [-0.4, -0.2) is 34.1 Å². The van der Waals surface area contributed by atoms with Crippen molar-refractivity contribution in [1.82, 2.24) is 14.5 Å². The number of nitrogens with zero attached hydrogens (tertiary/aromatic N) is 3. The summed E-state index contributed by atoms with van der Waals surface area (Å²) in [5, 5.41) is 0. The highest BCUT2D eigenvalue weighted by Gasteiger charge is 2.33. The maximum atomic E-state index is 12.8. The molecule has 8 heteroatoms. The van der Waals surface area contributed by atoms with E-state index in [2.05, 4.69) is 16.8 Å². The van der Waals surface area contributed by atoms with E-state index in [4.69, 9.17) is 5.73 Å². The molecule has 0 radical (unpaired) electrons. The van der Waals surface area contributed by atoms with E-state index in [1.54, 1.807) is 0 Å². The van der Waals surface area contributed by atoms with E-state index in [0.29, 0.717) is 24.1 Å². The van der Waals surface area contributed by atoms with Crippen molar-refractivity contribution >= 4 is 23.4 Å². The van der Waals surface area contributed by atoms with Crippen molar-refractivity contribution in [2.45, 2.75) is 26.1 Å². The Bertz CT molecular complexity index is 728. The molecule has 0 spiro atoms. The lowest BCUT2D eigenvalue weighted by Gasteiger charge is -2.22. The zero-order chi connectivity index (χ0) is 16.8. The molecule has 1 saturated heterocycles. The lowest BCUT2D eigenvalue weighted by atomic mass is 9.90. The third-order valence-corrected chi connectivity index (χ3v) is 4.80. The summed E-state index contributed by atoms with van der Waals surface area (Å²) >= 11 is 0. The Morgan fingerprint density at radius 1 is 1.33 bits per heavy atom. The van der Waals surface area contributed by atoms with Crippen LogP contribution in [0.3, 0.4) is 0 Å². The first-order chi connectivity index (χ1) is 10.7. The normalized spacial score (nSPS) is 22.1. The third-order valence-electron chi connectivity index (χ3n) is 4.80. The highest BCUT2D eigenvalue weighted by molar-refractivity contribution is 5.85. The number of hydrogen-bond donors (Lipinski definition) is 1. The van der Waals surface area contributed by atoms with Crippen molar-refractivity contribution in [3.05, 3.63) is 29.6 Å². The maximum Gasteiger partial charge on any atom is 0.416 e. The van der Waals surface area contributed by atoms with Gasteiger partial charge < -0.3 is 10.3 Å². The summed E-state index contributed by atoms with van der Waals surface area (Å²) in [5.41, 5.74) is 6.38. The number of rotatable bonds is 3. The Morgan fingerprint density at radius 3 is 2.62 bits per heavy atom. The van der Waals surface area contributed by atoms with E-state index in [-0.39, 0.29) is 17.8 Å². The minimum Gasteiger partial charge on any atom is -0.330 e. The summed E-state index contributed by atoms with van der Waals surface area (Å²) in [7, 11) is 1.84.